The molecule has 3 rings (SSSR count). The zero-order chi connectivity index (χ0) is 26.7. The van der Waals surface area contributed by atoms with Crippen LogP contribution in [0.5, 0.6) is 5.75 Å². The Hall–Kier alpha value is -4.14. The first-order valence-electron chi connectivity index (χ1n) is 9.53. The fourth-order valence-electron chi connectivity index (χ4n) is 2.75. The minimum Gasteiger partial charge on any atom is -0.378 e. The topological polar surface area (TPSA) is 111 Å². The van der Waals surface area contributed by atoms with E-state index in [4.69, 9.17) is 4.18 Å². The second kappa shape index (κ2) is 9.85. The van der Waals surface area contributed by atoms with Crippen LogP contribution in [0.2, 0.25) is 0 Å². The summed E-state index contributed by atoms with van der Waals surface area (Å²) in [6.07, 6.45) is -9.65. The van der Waals surface area contributed by atoms with Crippen molar-refractivity contribution in [1.82, 2.24) is 0 Å². The van der Waals surface area contributed by atoms with E-state index in [1.807, 2.05) is 0 Å². The lowest BCUT2D eigenvalue weighted by Gasteiger charge is -2.15. The van der Waals surface area contributed by atoms with E-state index < -0.39 is 54.9 Å². The number of hydrogen-bond donors (Lipinski definition) is 1. The van der Waals surface area contributed by atoms with Crippen LogP contribution in [-0.4, -0.2) is 19.6 Å². The smallest absolute Gasteiger partial charge is 0.378 e. The number of anilines is 1. The molecule has 0 aliphatic rings. The lowest BCUT2D eigenvalue weighted by atomic mass is 10.1. The molecule has 0 radical (unpaired) electrons. The average Bonchev–Trinajstić information content (AvgIpc) is 2.79. The lowest BCUT2D eigenvalue weighted by molar-refractivity contribution is -0.384. The summed E-state index contributed by atoms with van der Waals surface area (Å²) in [5.74, 6) is -0.634. The second-order valence-corrected chi connectivity index (χ2v) is 8.54. The molecular weight excluding hydrogens is 520 g/mol. The van der Waals surface area contributed by atoms with Gasteiger partial charge in [0.1, 0.15) is 4.90 Å². The Kier molecular flexibility index (Phi) is 7.24. The molecule has 0 spiro atoms. The molecule has 0 unspecified atom stereocenters. The molecule has 190 valence electrons. The molecule has 0 heterocycles. The van der Waals surface area contributed by atoms with Gasteiger partial charge in [0, 0.05) is 17.7 Å². The molecule has 0 aromatic heterocycles. The first kappa shape index (κ1) is 26.5. The molecule has 0 amide bonds. The molecule has 0 aliphatic heterocycles. The van der Waals surface area contributed by atoms with Crippen LogP contribution in [-0.2, 0) is 22.5 Å². The van der Waals surface area contributed by atoms with Gasteiger partial charge in [-0.25, -0.2) is 0 Å². The van der Waals surface area contributed by atoms with Gasteiger partial charge in [0.05, 0.1) is 28.0 Å². The molecule has 0 fully saturated rings. The van der Waals surface area contributed by atoms with Gasteiger partial charge in [-0.3, -0.25) is 15.5 Å². The normalized spacial score (nSPS) is 12.5. The van der Waals surface area contributed by atoms with E-state index in [0.717, 1.165) is 24.4 Å². The summed E-state index contributed by atoms with van der Waals surface area (Å²) in [6, 6.07) is 10.5. The molecule has 0 atom stereocenters. The van der Waals surface area contributed by atoms with Gasteiger partial charge in [0.25, 0.3) is 5.69 Å². The zero-order valence-electron chi connectivity index (χ0n) is 17.5. The molecular formula is C21H13F6N3O5S. The maximum absolute atomic E-state index is 13.1. The van der Waals surface area contributed by atoms with E-state index in [0.29, 0.717) is 5.69 Å². The van der Waals surface area contributed by atoms with Crippen molar-refractivity contribution < 1.29 is 43.9 Å². The predicted octanol–water partition coefficient (Wildman–Crippen LogP) is 5.85. The Morgan fingerprint density at radius 3 is 2.00 bits per heavy atom. The van der Waals surface area contributed by atoms with Gasteiger partial charge in [-0.1, -0.05) is 18.2 Å². The number of nitrogens with zero attached hydrogens (tertiary/aromatic N) is 2. The summed E-state index contributed by atoms with van der Waals surface area (Å²) in [6.45, 7) is 0. The van der Waals surface area contributed by atoms with Crippen LogP contribution in [0.15, 0.2) is 76.7 Å². The van der Waals surface area contributed by atoms with Crippen molar-refractivity contribution >= 4 is 27.7 Å². The Morgan fingerprint density at radius 1 is 0.889 bits per heavy atom. The quantitative estimate of drug-likeness (QED) is 0.134. The highest BCUT2D eigenvalue weighted by Gasteiger charge is 2.38. The van der Waals surface area contributed by atoms with E-state index >= 15 is 0 Å². The van der Waals surface area contributed by atoms with E-state index in [9.17, 15) is 44.9 Å². The minimum atomic E-state index is -5.29. The van der Waals surface area contributed by atoms with Crippen LogP contribution >= 0.6 is 0 Å². The highest BCUT2D eigenvalue weighted by Crippen LogP contribution is 2.38. The van der Waals surface area contributed by atoms with Crippen molar-refractivity contribution in [2.75, 3.05) is 5.43 Å². The van der Waals surface area contributed by atoms with Gasteiger partial charge in [-0.15, -0.1) is 0 Å². The van der Waals surface area contributed by atoms with E-state index in [1.165, 1.54) is 0 Å². The predicted molar refractivity (Wildman–Crippen MR) is 115 cm³/mol. The number of alkyl halides is 6. The van der Waals surface area contributed by atoms with Gasteiger partial charge < -0.3 is 4.18 Å². The number of nitro groups is 1. The maximum atomic E-state index is 13.1. The number of benzene rings is 3. The van der Waals surface area contributed by atoms with Crippen molar-refractivity contribution in [3.05, 3.63) is 93.5 Å². The van der Waals surface area contributed by atoms with Gasteiger partial charge >= 0.3 is 22.5 Å². The molecule has 3 aromatic carbocycles. The number of nitro benzene ring substituents is 1. The molecule has 0 bridgehead atoms. The minimum absolute atomic E-state index is 0.0132. The van der Waals surface area contributed by atoms with Crippen molar-refractivity contribution in [3.63, 3.8) is 0 Å². The summed E-state index contributed by atoms with van der Waals surface area (Å²) in [5.41, 5.74) is -1.51. The molecule has 1 N–H and O–H groups in total. The van der Waals surface area contributed by atoms with Crippen LogP contribution in [0.3, 0.4) is 0 Å². The van der Waals surface area contributed by atoms with E-state index in [1.54, 1.807) is 30.3 Å². The number of rotatable bonds is 7. The van der Waals surface area contributed by atoms with Crippen LogP contribution in [0, 0.1) is 10.1 Å². The molecule has 0 saturated heterocycles. The summed E-state index contributed by atoms with van der Waals surface area (Å²) >= 11 is 0. The Balaban J connectivity index is 2.03. The number of hydrazone groups is 1. The standard InChI is InChI=1S/C21H13F6N3O5S/c22-20(23,24)14-9-15(21(25,26)27)11-18(10-14)36(33,34)35-19-7-6-17(30(31)32)8-13(19)12-28-29-16-4-2-1-3-5-16/h1-12,29H. The van der Waals surface area contributed by atoms with Crippen molar-refractivity contribution in [3.8, 4) is 5.75 Å². The lowest BCUT2D eigenvalue weighted by Crippen LogP contribution is -2.16. The number of nitrogens with one attached hydrogen (secondary N) is 1. The SMILES string of the molecule is O=[N+]([O-])c1ccc(OS(=O)(=O)c2cc(C(F)(F)F)cc(C(F)(F)F)c2)c(C=NNc2ccccc2)c1. The highest BCUT2D eigenvalue weighted by molar-refractivity contribution is 7.87. The van der Waals surface area contributed by atoms with Gasteiger partial charge in [0.2, 0.25) is 0 Å². The van der Waals surface area contributed by atoms with Crippen molar-refractivity contribution in [2.45, 2.75) is 17.2 Å². The van der Waals surface area contributed by atoms with Crippen LogP contribution in [0.4, 0.5) is 37.7 Å². The van der Waals surface area contributed by atoms with E-state index in [-0.39, 0.29) is 23.8 Å². The largest absolute Gasteiger partial charge is 0.416 e. The van der Waals surface area contributed by atoms with Gasteiger partial charge in [-0.2, -0.15) is 39.9 Å². The van der Waals surface area contributed by atoms with Gasteiger partial charge in [0.15, 0.2) is 5.75 Å². The molecule has 36 heavy (non-hydrogen) atoms. The van der Waals surface area contributed by atoms with Crippen LogP contribution in [0.25, 0.3) is 0 Å². The third-order valence-corrected chi connectivity index (χ3v) is 5.64. The van der Waals surface area contributed by atoms with Crippen LogP contribution in [0.1, 0.15) is 16.7 Å². The number of para-hydroxylation sites is 1. The Labute approximate surface area is 199 Å². The number of halogens is 6. The van der Waals surface area contributed by atoms with Crippen molar-refractivity contribution in [2.24, 2.45) is 5.10 Å². The zero-order valence-corrected chi connectivity index (χ0v) is 18.4. The molecule has 0 saturated carbocycles. The number of non-ortho nitro benzene ring substituents is 1. The summed E-state index contributed by atoms with van der Waals surface area (Å²) in [5, 5.41) is 14.9. The second-order valence-electron chi connectivity index (χ2n) is 6.99. The fraction of sp³-hybridized carbons (Fsp3) is 0.0952. The number of hydrogen-bond acceptors (Lipinski definition) is 7. The molecule has 8 nitrogen and oxygen atoms in total. The van der Waals surface area contributed by atoms with E-state index in [2.05, 4.69) is 10.5 Å². The average molecular weight is 533 g/mol. The maximum Gasteiger partial charge on any atom is 0.416 e. The van der Waals surface area contributed by atoms with Gasteiger partial charge in [-0.05, 0) is 36.4 Å². The van der Waals surface area contributed by atoms with Crippen molar-refractivity contribution in [1.29, 1.82) is 0 Å². The third-order valence-electron chi connectivity index (χ3n) is 4.42. The molecule has 0 aliphatic carbocycles. The first-order chi connectivity index (χ1) is 16.7. The first-order valence-corrected chi connectivity index (χ1v) is 10.9. The highest BCUT2D eigenvalue weighted by atomic mass is 32.2. The summed E-state index contributed by atoms with van der Waals surface area (Å²) in [4.78, 5) is 8.86. The third kappa shape index (κ3) is 6.50. The monoisotopic (exact) mass is 533 g/mol. The fourth-order valence-corrected chi connectivity index (χ4v) is 3.78. The molecule has 15 heteroatoms. The summed E-state index contributed by atoms with van der Waals surface area (Å²) < 4.78 is 109. The Bertz CT molecular complexity index is 1380. The molecule has 3 aromatic rings. The van der Waals surface area contributed by atoms with Crippen LogP contribution < -0.4 is 9.61 Å². The summed E-state index contributed by atoms with van der Waals surface area (Å²) in [7, 11) is -5.26. The Morgan fingerprint density at radius 2 is 1.47 bits per heavy atom.